The normalized spacial score (nSPS) is 10.6. The number of amides is 2. The van der Waals surface area contributed by atoms with E-state index in [1.165, 1.54) is 0 Å². The van der Waals surface area contributed by atoms with Crippen LogP contribution in [0.15, 0.2) is 0 Å². The summed E-state index contributed by atoms with van der Waals surface area (Å²) >= 11 is 0. The van der Waals surface area contributed by atoms with Crippen LogP contribution >= 0.6 is 0 Å². The summed E-state index contributed by atoms with van der Waals surface area (Å²) in [6.07, 6.45) is -14.3. The molecule has 0 bridgehead atoms. The lowest BCUT2D eigenvalue weighted by molar-refractivity contribution is -0.193. The van der Waals surface area contributed by atoms with Crippen LogP contribution in [0.5, 0.6) is 0 Å². The molecule has 0 unspecified atom stereocenters. The zero-order valence-corrected chi connectivity index (χ0v) is 14.1. The Kier molecular flexibility index (Phi) is 16.8. The molecule has 19 heteroatoms. The van der Waals surface area contributed by atoms with Gasteiger partial charge in [-0.1, -0.05) is 0 Å². The molecular formula is C11H13F9N2O8. The molecule has 0 saturated heterocycles. The fraction of sp³-hybridized carbons (Fsp3) is 0.545. The Bertz CT molecular complexity index is 514. The first-order valence-electron chi connectivity index (χ1n) is 6.43. The Balaban J connectivity index is -0.000000151. The first-order chi connectivity index (χ1) is 13.0. The van der Waals surface area contributed by atoms with E-state index in [1.54, 1.807) is 0 Å². The molecule has 0 aromatic rings. The fourth-order valence-corrected chi connectivity index (χ4v) is 0.437. The monoisotopic (exact) mass is 472 g/mol. The molecule has 0 aliphatic rings. The highest BCUT2D eigenvalue weighted by Crippen LogP contribution is 2.14. The maximum Gasteiger partial charge on any atom is 0.490 e. The Morgan fingerprint density at radius 1 is 0.533 bits per heavy atom. The van der Waals surface area contributed by atoms with Crippen molar-refractivity contribution < 1.29 is 78.8 Å². The van der Waals surface area contributed by atoms with E-state index in [2.05, 4.69) is 0 Å². The number of hydrogen-bond donors (Lipinski definition) is 5. The molecule has 0 atom stereocenters. The van der Waals surface area contributed by atoms with Gasteiger partial charge in [0.25, 0.3) is 0 Å². The molecule has 0 rings (SSSR count). The van der Waals surface area contributed by atoms with E-state index in [1.807, 2.05) is 0 Å². The number of rotatable bonds is 4. The summed E-state index contributed by atoms with van der Waals surface area (Å²) in [5.74, 6) is -9.06. The summed E-state index contributed by atoms with van der Waals surface area (Å²) in [7, 11) is 0. The molecule has 0 fully saturated rings. The SMILES string of the molecule is NC(=O)CCCC(N)=O.O=C(O)C(F)(F)F.O=C(O)C(F)(F)F.O=C(O)C(F)(F)F. The van der Waals surface area contributed by atoms with Crippen molar-refractivity contribution in [2.45, 2.75) is 37.8 Å². The molecule has 0 aromatic carbocycles. The quantitative estimate of drug-likeness (QED) is 0.374. The van der Waals surface area contributed by atoms with Crippen LogP contribution in [0.2, 0.25) is 0 Å². The number of aliphatic carboxylic acids is 3. The maximum absolute atomic E-state index is 10.6. The summed E-state index contributed by atoms with van der Waals surface area (Å²) in [4.78, 5) is 46.8. The van der Waals surface area contributed by atoms with Gasteiger partial charge in [-0.15, -0.1) is 0 Å². The first-order valence-corrected chi connectivity index (χ1v) is 6.43. The Labute approximate surface area is 159 Å². The van der Waals surface area contributed by atoms with E-state index in [0.717, 1.165) is 0 Å². The number of carboxylic acid groups (broad SMARTS) is 3. The minimum Gasteiger partial charge on any atom is -0.475 e. The molecule has 7 N–H and O–H groups in total. The number of carbonyl (C=O) groups is 5. The summed E-state index contributed by atoms with van der Waals surface area (Å²) in [5.41, 5.74) is 9.58. The van der Waals surface area contributed by atoms with Crippen LogP contribution in [-0.2, 0) is 24.0 Å². The predicted octanol–water partition coefficient (Wildman–Crippen LogP) is 1.03. The van der Waals surface area contributed by atoms with E-state index >= 15 is 0 Å². The Morgan fingerprint density at radius 2 is 0.667 bits per heavy atom. The van der Waals surface area contributed by atoms with E-state index in [9.17, 15) is 49.1 Å². The second-order valence-corrected chi connectivity index (χ2v) is 4.19. The van der Waals surface area contributed by atoms with Gasteiger partial charge in [-0.05, 0) is 6.42 Å². The van der Waals surface area contributed by atoms with Crippen molar-refractivity contribution >= 4 is 29.7 Å². The summed E-state index contributed by atoms with van der Waals surface area (Å²) in [6.45, 7) is 0. The van der Waals surface area contributed by atoms with Crippen molar-refractivity contribution in [1.82, 2.24) is 0 Å². The lowest BCUT2D eigenvalue weighted by Crippen LogP contribution is -2.21. The molecule has 178 valence electrons. The predicted molar refractivity (Wildman–Crippen MR) is 73.3 cm³/mol. The number of primary amides is 2. The second kappa shape index (κ2) is 14.7. The zero-order valence-electron chi connectivity index (χ0n) is 14.1. The highest BCUT2D eigenvalue weighted by atomic mass is 19.4. The average molecular weight is 472 g/mol. The standard InChI is InChI=1S/C5H10N2O2.3C2HF3O2/c6-4(8)2-1-3-5(7)9;3*3-2(4,5)1(6)7/h1-3H2,(H2,6,8)(H2,7,9);3*(H,6,7). The second-order valence-electron chi connectivity index (χ2n) is 4.19. The number of carboxylic acids is 3. The van der Waals surface area contributed by atoms with Crippen LogP contribution in [0.4, 0.5) is 39.5 Å². The molecule has 2 amide bonds. The number of hydrogen-bond acceptors (Lipinski definition) is 5. The molecule has 0 radical (unpaired) electrons. The van der Waals surface area contributed by atoms with Crippen molar-refractivity contribution in [2.75, 3.05) is 0 Å². The maximum atomic E-state index is 10.6. The lowest BCUT2D eigenvalue weighted by atomic mass is 10.2. The van der Waals surface area contributed by atoms with Crippen molar-refractivity contribution in [1.29, 1.82) is 0 Å². The van der Waals surface area contributed by atoms with Gasteiger partial charge in [0.1, 0.15) is 0 Å². The van der Waals surface area contributed by atoms with Gasteiger partial charge in [0.2, 0.25) is 11.8 Å². The molecule has 30 heavy (non-hydrogen) atoms. The van der Waals surface area contributed by atoms with Gasteiger partial charge in [-0.3, -0.25) is 9.59 Å². The van der Waals surface area contributed by atoms with Gasteiger partial charge in [0.05, 0.1) is 0 Å². The minimum atomic E-state index is -5.08. The zero-order chi connectivity index (χ0) is 25.5. The van der Waals surface area contributed by atoms with E-state index < -0.39 is 48.3 Å². The highest BCUT2D eigenvalue weighted by molar-refractivity contribution is 5.76. The third-order valence-corrected chi connectivity index (χ3v) is 1.57. The third kappa shape index (κ3) is 32.4. The summed E-state index contributed by atoms with van der Waals surface area (Å²) in [5, 5.41) is 21.4. The van der Waals surface area contributed by atoms with Crippen molar-refractivity contribution in [2.24, 2.45) is 11.5 Å². The molecule has 0 spiro atoms. The van der Waals surface area contributed by atoms with Gasteiger partial charge < -0.3 is 26.8 Å². The van der Waals surface area contributed by atoms with Gasteiger partial charge >= 0.3 is 36.4 Å². The van der Waals surface area contributed by atoms with Crippen LogP contribution in [0.25, 0.3) is 0 Å². The Hall–Kier alpha value is -3.28. The molecule has 0 aromatic heterocycles. The molecule has 0 heterocycles. The molecule has 0 saturated carbocycles. The number of alkyl halides is 9. The van der Waals surface area contributed by atoms with Crippen LogP contribution in [0.1, 0.15) is 19.3 Å². The van der Waals surface area contributed by atoms with Crippen molar-refractivity contribution in [3.63, 3.8) is 0 Å². The lowest BCUT2D eigenvalue weighted by Gasteiger charge is -1.93. The van der Waals surface area contributed by atoms with Gasteiger partial charge in [-0.25, -0.2) is 14.4 Å². The van der Waals surface area contributed by atoms with E-state index in [-0.39, 0.29) is 12.8 Å². The molecule has 0 aliphatic heterocycles. The molecule has 0 aliphatic carbocycles. The molecule has 10 nitrogen and oxygen atoms in total. The smallest absolute Gasteiger partial charge is 0.475 e. The van der Waals surface area contributed by atoms with Crippen LogP contribution in [0, 0.1) is 0 Å². The number of halogens is 9. The summed E-state index contributed by atoms with van der Waals surface area (Å²) < 4.78 is 95.2. The number of carbonyl (C=O) groups excluding carboxylic acids is 2. The van der Waals surface area contributed by atoms with Crippen molar-refractivity contribution in [3.05, 3.63) is 0 Å². The largest absolute Gasteiger partial charge is 0.490 e. The Morgan fingerprint density at radius 3 is 0.733 bits per heavy atom. The van der Waals surface area contributed by atoms with Crippen LogP contribution in [-0.4, -0.2) is 63.6 Å². The van der Waals surface area contributed by atoms with E-state index in [0.29, 0.717) is 6.42 Å². The fourth-order valence-electron chi connectivity index (χ4n) is 0.437. The van der Waals surface area contributed by atoms with E-state index in [4.69, 9.17) is 41.2 Å². The van der Waals surface area contributed by atoms with Gasteiger partial charge in [0, 0.05) is 12.8 Å². The van der Waals surface area contributed by atoms with Gasteiger partial charge in [0.15, 0.2) is 0 Å². The van der Waals surface area contributed by atoms with Gasteiger partial charge in [-0.2, -0.15) is 39.5 Å². The topological polar surface area (TPSA) is 198 Å². The first kappa shape index (κ1) is 34.2. The van der Waals surface area contributed by atoms with Crippen molar-refractivity contribution in [3.8, 4) is 0 Å². The van der Waals surface area contributed by atoms with Crippen LogP contribution < -0.4 is 11.5 Å². The number of nitrogens with two attached hydrogens (primary N) is 2. The third-order valence-electron chi connectivity index (χ3n) is 1.57. The average Bonchev–Trinajstić information content (AvgIpc) is 2.45. The highest BCUT2D eigenvalue weighted by Gasteiger charge is 2.39. The minimum absolute atomic E-state index is 0.239. The summed E-state index contributed by atoms with van der Waals surface area (Å²) in [6, 6.07) is 0. The molecular weight excluding hydrogens is 459 g/mol. The van der Waals surface area contributed by atoms with Crippen LogP contribution in [0.3, 0.4) is 0 Å².